The highest BCUT2D eigenvalue weighted by atomic mass is 32.1. The first-order valence-electron chi connectivity index (χ1n) is 5.47. The quantitative estimate of drug-likeness (QED) is 0.906. The van der Waals surface area contributed by atoms with Crippen molar-refractivity contribution >= 4 is 22.7 Å². The van der Waals surface area contributed by atoms with Gasteiger partial charge in [0.25, 0.3) is 0 Å². The topological polar surface area (TPSA) is 37.8 Å². The summed E-state index contributed by atoms with van der Waals surface area (Å²) >= 11 is 3.51. The Morgan fingerprint density at radius 3 is 3.12 bits per heavy atom. The zero-order valence-corrected chi connectivity index (χ0v) is 10.5. The highest BCUT2D eigenvalue weighted by molar-refractivity contribution is 7.11. The van der Waals surface area contributed by atoms with E-state index in [1.807, 2.05) is 16.8 Å². The molecule has 0 aliphatic heterocycles. The highest BCUT2D eigenvalue weighted by Crippen LogP contribution is 2.27. The Hall–Kier alpha value is -0.780. The fourth-order valence-electron chi connectivity index (χ4n) is 1.94. The molecular formula is C11H13N3S2. The number of nitrogens with zero attached hydrogens (tertiary/aromatic N) is 2. The van der Waals surface area contributed by atoms with Crippen LogP contribution in [0.25, 0.3) is 0 Å². The lowest BCUT2D eigenvalue weighted by Gasteiger charge is -1.98. The Kier molecular flexibility index (Phi) is 2.99. The number of aromatic nitrogens is 2. The summed E-state index contributed by atoms with van der Waals surface area (Å²) in [5, 5.41) is 6.69. The number of rotatable bonds is 4. The third-order valence-corrected chi connectivity index (χ3v) is 4.50. The minimum absolute atomic E-state index is 0.841. The van der Waals surface area contributed by atoms with Crippen LogP contribution in [0.1, 0.15) is 27.7 Å². The maximum atomic E-state index is 4.65. The summed E-state index contributed by atoms with van der Waals surface area (Å²) in [6, 6.07) is 0. The number of nitrogens with one attached hydrogen (secondary N) is 1. The average Bonchev–Trinajstić information content (AvgIpc) is 2.91. The van der Waals surface area contributed by atoms with Crippen LogP contribution in [0.5, 0.6) is 0 Å². The summed E-state index contributed by atoms with van der Waals surface area (Å²) < 4.78 is 0. The van der Waals surface area contributed by atoms with Crippen molar-refractivity contribution in [1.29, 1.82) is 0 Å². The van der Waals surface area contributed by atoms with Gasteiger partial charge in [0, 0.05) is 23.3 Å². The van der Waals surface area contributed by atoms with Crippen molar-refractivity contribution in [2.75, 3.05) is 0 Å². The van der Waals surface area contributed by atoms with Gasteiger partial charge in [-0.1, -0.05) is 0 Å². The molecule has 0 amide bonds. The predicted octanol–water partition coefficient (Wildman–Crippen LogP) is 2.38. The van der Waals surface area contributed by atoms with Crippen LogP contribution in [-0.4, -0.2) is 9.97 Å². The minimum atomic E-state index is 0.841. The molecule has 0 radical (unpaired) electrons. The molecule has 3 rings (SSSR count). The second kappa shape index (κ2) is 4.61. The van der Waals surface area contributed by atoms with Crippen molar-refractivity contribution in [3.8, 4) is 0 Å². The largest absolute Gasteiger partial charge is 0.305 e. The van der Waals surface area contributed by atoms with E-state index in [1.54, 1.807) is 11.3 Å². The van der Waals surface area contributed by atoms with Gasteiger partial charge in [-0.3, -0.25) is 0 Å². The van der Waals surface area contributed by atoms with Gasteiger partial charge >= 0.3 is 0 Å². The normalized spacial score (nSPS) is 14.2. The van der Waals surface area contributed by atoms with E-state index in [1.165, 1.54) is 34.8 Å². The van der Waals surface area contributed by atoms with Gasteiger partial charge in [0.15, 0.2) is 0 Å². The fourth-order valence-corrected chi connectivity index (χ4v) is 3.63. The molecule has 0 aromatic carbocycles. The molecule has 0 unspecified atom stereocenters. The van der Waals surface area contributed by atoms with Crippen LogP contribution in [-0.2, 0) is 25.9 Å². The van der Waals surface area contributed by atoms with Gasteiger partial charge < -0.3 is 5.32 Å². The van der Waals surface area contributed by atoms with Crippen molar-refractivity contribution < 1.29 is 0 Å². The van der Waals surface area contributed by atoms with E-state index in [-0.39, 0.29) is 0 Å². The standard InChI is InChI=1S/C11H13N3S2/c1-2-9-10(3-1)16-11(14-9)5-12-4-8-6-15-7-13-8/h6-7,12H,1-5H2. The van der Waals surface area contributed by atoms with Crippen LogP contribution in [0.2, 0.25) is 0 Å². The lowest BCUT2D eigenvalue weighted by atomic mass is 10.4. The number of thiazole rings is 2. The summed E-state index contributed by atoms with van der Waals surface area (Å²) in [5.74, 6) is 0. The third kappa shape index (κ3) is 2.16. The molecule has 0 saturated heterocycles. The third-order valence-electron chi connectivity index (χ3n) is 2.71. The van der Waals surface area contributed by atoms with Gasteiger partial charge in [-0.25, -0.2) is 9.97 Å². The van der Waals surface area contributed by atoms with E-state index < -0.39 is 0 Å². The fraction of sp³-hybridized carbons (Fsp3) is 0.455. The first kappa shape index (κ1) is 10.4. The van der Waals surface area contributed by atoms with Gasteiger partial charge in [0.1, 0.15) is 5.01 Å². The van der Waals surface area contributed by atoms with Gasteiger partial charge in [-0.05, 0) is 19.3 Å². The smallest absolute Gasteiger partial charge is 0.107 e. The monoisotopic (exact) mass is 251 g/mol. The van der Waals surface area contributed by atoms with Gasteiger partial charge in [-0.2, -0.15) is 0 Å². The molecule has 16 heavy (non-hydrogen) atoms. The van der Waals surface area contributed by atoms with Crippen LogP contribution >= 0.6 is 22.7 Å². The number of aryl methyl sites for hydroxylation is 2. The molecule has 0 fully saturated rings. The van der Waals surface area contributed by atoms with E-state index in [2.05, 4.69) is 20.7 Å². The summed E-state index contributed by atoms with van der Waals surface area (Å²) in [5.41, 5.74) is 4.33. The molecule has 2 heterocycles. The van der Waals surface area contributed by atoms with Crippen molar-refractivity contribution in [2.45, 2.75) is 32.4 Å². The molecule has 5 heteroatoms. The van der Waals surface area contributed by atoms with E-state index in [4.69, 9.17) is 0 Å². The Morgan fingerprint density at radius 2 is 2.31 bits per heavy atom. The maximum absolute atomic E-state index is 4.65. The van der Waals surface area contributed by atoms with Gasteiger partial charge in [0.2, 0.25) is 0 Å². The number of hydrogen-bond donors (Lipinski definition) is 1. The minimum Gasteiger partial charge on any atom is -0.305 e. The highest BCUT2D eigenvalue weighted by Gasteiger charge is 2.16. The van der Waals surface area contributed by atoms with Crippen LogP contribution in [0.3, 0.4) is 0 Å². The molecule has 1 N–H and O–H groups in total. The number of fused-ring (bicyclic) bond motifs is 1. The number of hydrogen-bond acceptors (Lipinski definition) is 5. The predicted molar refractivity (Wildman–Crippen MR) is 66.8 cm³/mol. The van der Waals surface area contributed by atoms with Crippen molar-refractivity contribution in [2.24, 2.45) is 0 Å². The summed E-state index contributed by atoms with van der Waals surface area (Å²) in [7, 11) is 0. The van der Waals surface area contributed by atoms with Crippen molar-refractivity contribution in [1.82, 2.24) is 15.3 Å². The first-order valence-corrected chi connectivity index (χ1v) is 7.23. The lowest BCUT2D eigenvalue weighted by Crippen LogP contribution is -2.12. The van der Waals surface area contributed by atoms with Gasteiger partial charge in [0.05, 0.1) is 16.9 Å². The van der Waals surface area contributed by atoms with Crippen molar-refractivity contribution in [3.05, 3.63) is 32.2 Å². The van der Waals surface area contributed by atoms with Crippen molar-refractivity contribution in [3.63, 3.8) is 0 Å². The zero-order valence-electron chi connectivity index (χ0n) is 8.90. The summed E-state index contributed by atoms with van der Waals surface area (Å²) in [6.45, 7) is 1.71. The van der Waals surface area contributed by atoms with E-state index in [0.717, 1.165) is 18.8 Å². The molecule has 0 atom stereocenters. The summed E-state index contributed by atoms with van der Waals surface area (Å²) in [4.78, 5) is 10.4. The second-order valence-electron chi connectivity index (χ2n) is 3.91. The average molecular weight is 251 g/mol. The zero-order chi connectivity index (χ0) is 10.8. The van der Waals surface area contributed by atoms with Crippen LogP contribution in [0.15, 0.2) is 10.9 Å². The van der Waals surface area contributed by atoms with Crippen LogP contribution in [0.4, 0.5) is 0 Å². The summed E-state index contributed by atoms with van der Waals surface area (Å²) in [6.07, 6.45) is 3.71. The molecule has 0 saturated carbocycles. The Morgan fingerprint density at radius 1 is 1.31 bits per heavy atom. The molecular weight excluding hydrogens is 238 g/mol. The molecule has 3 nitrogen and oxygen atoms in total. The molecule has 0 bridgehead atoms. The maximum Gasteiger partial charge on any atom is 0.107 e. The van der Waals surface area contributed by atoms with E-state index >= 15 is 0 Å². The molecule has 0 spiro atoms. The van der Waals surface area contributed by atoms with E-state index in [0.29, 0.717) is 0 Å². The van der Waals surface area contributed by atoms with Crippen LogP contribution < -0.4 is 5.32 Å². The Bertz CT molecular complexity index is 440. The Balaban J connectivity index is 1.54. The Labute approximate surface area is 103 Å². The molecule has 1 aliphatic rings. The van der Waals surface area contributed by atoms with E-state index in [9.17, 15) is 0 Å². The SMILES string of the molecule is c1nc(CNCc2nc3c(s2)CCC3)cs1. The van der Waals surface area contributed by atoms with Gasteiger partial charge in [-0.15, -0.1) is 22.7 Å². The first-order chi connectivity index (χ1) is 7.92. The second-order valence-corrected chi connectivity index (χ2v) is 5.80. The lowest BCUT2D eigenvalue weighted by molar-refractivity contribution is 0.677. The molecule has 2 aromatic rings. The molecule has 84 valence electrons. The molecule has 2 aromatic heterocycles. The molecule has 1 aliphatic carbocycles. The van der Waals surface area contributed by atoms with Crippen LogP contribution in [0, 0.1) is 0 Å².